The molecule has 1 aromatic heterocycles. The van der Waals surface area contributed by atoms with E-state index in [0.717, 1.165) is 16.5 Å². The summed E-state index contributed by atoms with van der Waals surface area (Å²) in [7, 11) is 1.41. The molecule has 0 saturated carbocycles. The maximum Gasteiger partial charge on any atom is 0.312 e. The first-order chi connectivity index (χ1) is 10.7. The number of nitrogens with zero attached hydrogens (tertiary/aromatic N) is 2. The summed E-state index contributed by atoms with van der Waals surface area (Å²) in [5, 5.41) is 5.52. The minimum Gasteiger partial charge on any atom is -0.469 e. The Labute approximate surface area is 129 Å². The summed E-state index contributed by atoms with van der Waals surface area (Å²) in [5.41, 5.74) is 3.16. The Hall–Kier alpha value is -2.62. The normalized spacial score (nSPS) is 12.3. The third kappa shape index (κ3) is 2.72. The maximum absolute atomic E-state index is 11.7. The van der Waals surface area contributed by atoms with Crippen LogP contribution in [-0.2, 0) is 16.1 Å². The number of ether oxygens (including phenoxy) is 1. The summed E-state index contributed by atoms with van der Waals surface area (Å²) in [6.45, 7) is 2.56. The highest BCUT2D eigenvalue weighted by molar-refractivity contribution is 5.83. The Balaban J connectivity index is 1.97. The summed E-state index contributed by atoms with van der Waals surface area (Å²) in [5.74, 6) is -0.511. The summed E-state index contributed by atoms with van der Waals surface area (Å²) >= 11 is 0. The molecule has 1 heterocycles. The molecule has 4 nitrogen and oxygen atoms in total. The molecule has 0 bridgehead atoms. The van der Waals surface area contributed by atoms with Crippen molar-refractivity contribution < 1.29 is 9.53 Å². The van der Waals surface area contributed by atoms with Gasteiger partial charge in [-0.05, 0) is 24.1 Å². The van der Waals surface area contributed by atoms with Crippen molar-refractivity contribution in [1.29, 1.82) is 0 Å². The van der Waals surface area contributed by atoms with Gasteiger partial charge in [0.1, 0.15) is 0 Å². The van der Waals surface area contributed by atoms with Crippen LogP contribution in [-0.4, -0.2) is 22.9 Å². The van der Waals surface area contributed by atoms with Gasteiger partial charge in [-0.25, -0.2) is 0 Å². The number of hydrogen-bond donors (Lipinski definition) is 0. The van der Waals surface area contributed by atoms with Gasteiger partial charge in [0.2, 0.25) is 0 Å². The van der Waals surface area contributed by atoms with Crippen molar-refractivity contribution >= 4 is 16.9 Å². The first-order valence-corrected chi connectivity index (χ1v) is 7.26. The largest absolute Gasteiger partial charge is 0.469 e. The zero-order chi connectivity index (χ0) is 15.5. The molecule has 3 aromatic rings. The Morgan fingerprint density at radius 1 is 1.23 bits per heavy atom. The fourth-order valence-corrected chi connectivity index (χ4v) is 2.55. The second kappa shape index (κ2) is 6.02. The number of benzene rings is 2. The van der Waals surface area contributed by atoms with E-state index in [1.807, 2.05) is 54.2 Å². The van der Waals surface area contributed by atoms with Crippen molar-refractivity contribution in [3.05, 3.63) is 65.9 Å². The van der Waals surface area contributed by atoms with E-state index in [1.165, 1.54) is 12.7 Å². The topological polar surface area (TPSA) is 44.1 Å². The third-order valence-corrected chi connectivity index (χ3v) is 3.90. The van der Waals surface area contributed by atoms with Gasteiger partial charge < -0.3 is 4.74 Å². The van der Waals surface area contributed by atoms with Gasteiger partial charge in [-0.2, -0.15) is 5.10 Å². The number of rotatable bonds is 4. The van der Waals surface area contributed by atoms with Gasteiger partial charge in [0.15, 0.2) is 0 Å². The molecule has 0 spiro atoms. The summed E-state index contributed by atoms with van der Waals surface area (Å²) in [6.07, 6.45) is 1.85. The monoisotopic (exact) mass is 294 g/mol. The number of hydrogen-bond acceptors (Lipinski definition) is 3. The molecule has 0 aliphatic heterocycles. The van der Waals surface area contributed by atoms with Crippen LogP contribution in [0.15, 0.2) is 54.7 Å². The Morgan fingerprint density at radius 3 is 2.73 bits per heavy atom. The predicted molar refractivity (Wildman–Crippen MR) is 85.7 cm³/mol. The van der Waals surface area contributed by atoms with E-state index in [-0.39, 0.29) is 11.9 Å². The van der Waals surface area contributed by atoms with Gasteiger partial charge in [-0.1, -0.05) is 42.5 Å². The minimum atomic E-state index is -0.283. The summed E-state index contributed by atoms with van der Waals surface area (Å²) < 4.78 is 6.78. The highest BCUT2D eigenvalue weighted by atomic mass is 16.5. The van der Waals surface area contributed by atoms with Crippen LogP contribution in [0, 0.1) is 0 Å². The van der Waals surface area contributed by atoms with Crippen LogP contribution in [0.25, 0.3) is 10.9 Å². The lowest BCUT2D eigenvalue weighted by atomic mass is 10.0. The molecule has 0 saturated heterocycles. The van der Waals surface area contributed by atoms with E-state index < -0.39 is 0 Å². The van der Waals surface area contributed by atoms with Crippen molar-refractivity contribution in [3.63, 3.8) is 0 Å². The maximum atomic E-state index is 11.7. The van der Waals surface area contributed by atoms with Crippen molar-refractivity contribution in [2.45, 2.75) is 19.4 Å². The molecule has 1 unspecified atom stereocenters. The molecule has 22 heavy (non-hydrogen) atoms. The number of carbonyl (C=O) groups is 1. The minimum absolute atomic E-state index is 0.228. The zero-order valence-corrected chi connectivity index (χ0v) is 12.7. The van der Waals surface area contributed by atoms with Crippen LogP contribution >= 0.6 is 0 Å². The van der Waals surface area contributed by atoms with Crippen molar-refractivity contribution in [2.24, 2.45) is 0 Å². The SMILES string of the molecule is COC(=O)C(C)c1ccc2cnn(Cc3ccccc3)c2c1. The van der Waals surface area contributed by atoms with E-state index >= 15 is 0 Å². The lowest BCUT2D eigenvalue weighted by Crippen LogP contribution is -2.11. The molecule has 0 aliphatic rings. The van der Waals surface area contributed by atoms with Crippen LogP contribution in [0.3, 0.4) is 0 Å². The first-order valence-electron chi connectivity index (χ1n) is 7.26. The van der Waals surface area contributed by atoms with Crippen LogP contribution < -0.4 is 0 Å². The number of methoxy groups -OCH3 is 1. The lowest BCUT2D eigenvalue weighted by molar-refractivity contribution is -0.141. The Bertz CT molecular complexity index is 793. The fraction of sp³-hybridized carbons (Fsp3) is 0.222. The second-order valence-corrected chi connectivity index (χ2v) is 5.35. The molecule has 3 rings (SSSR count). The number of esters is 1. The Morgan fingerprint density at radius 2 is 2.00 bits per heavy atom. The summed E-state index contributed by atoms with van der Waals surface area (Å²) in [4.78, 5) is 11.7. The molecule has 0 N–H and O–H groups in total. The zero-order valence-electron chi connectivity index (χ0n) is 12.7. The highest BCUT2D eigenvalue weighted by Gasteiger charge is 2.16. The molecule has 1 atom stereocenters. The fourth-order valence-electron chi connectivity index (χ4n) is 2.55. The quantitative estimate of drug-likeness (QED) is 0.693. The van der Waals surface area contributed by atoms with Crippen LogP contribution in [0.4, 0.5) is 0 Å². The van der Waals surface area contributed by atoms with E-state index in [0.29, 0.717) is 6.54 Å². The van der Waals surface area contributed by atoms with Gasteiger partial charge in [0.25, 0.3) is 0 Å². The van der Waals surface area contributed by atoms with E-state index in [1.54, 1.807) is 0 Å². The van der Waals surface area contributed by atoms with Crippen molar-refractivity contribution in [2.75, 3.05) is 7.11 Å². The highest BCUT2D eigenvalue weighted by Crippen LogP contribution is 2.23. The first kappa shape index (κ1) is 14.3. The van der Waals surface area contributed by atoms with Crippen LogP contribution in [0.1, 0.15) is 24.0 Å². The van der Waals surface area contributed by atoms with E-state index in [4.69, 9.17) is 4.74 Å². The molecule has 112 valence electrons. The number of aromatic nitrogens is 2. The van der Waals surface area contributed by atoms with E-state index in [2.05, 4.69) is 17.2 Å². The molecular formula is C18H18N2O2. The third-order valence-electron chi connectivity index (χ3n) is 3.90. The lowest BCUT2D eigenvalue weighted by Gasteiger charge is -2.10. The molecule has 0 fully saturated rings. The number of carbonyl (C=O) groups excluding carboxylic acids is 1. The molecule has 4 heteroatoms. The average molecular weight is 294 g/mol. The molecule has 0 aliphatic carbocycles. The molecule has 2 aromatic carbocycles. The molecule has 0 radical (unpaired) electrons. The average Bonchev–Trinajstić information content (AvgIpc) is 2.96. The summed E-state index contributed by atoms with van der Waals surface area (Å²) in [6, 6.07) is 16.2. The molecule has 0 amide bonds. The molecular weight excluding hydrogens is 276 g/mol. The second-order valence-electron chi connectivity index (χ2n) is 5.35. The van der Waals surface area contributed by atoms with Crippen molar-refractivity contribution in [1.82, 2.24) is 9.78 Å². The van der Waals surface area contributed by atoms with Gasteiger partial charge in [-0.15, -0.1) is 0 Å². The van der Waals surface area contributed by atoms with E-state index in [9.17, 15) is 4.79 Å². The van der Waals surface area contributed by atoms with Gasteiger partial charge in [0, 0.05) is 5.39 Å². The Kier molecular flexibility index (Phi) is 3.92. The van der Waals surface area contributed by atoms with Crippen LogP contribution in [0.5, 0.6) is 0 Å². The van der Waals surface area contributed by atoms with Gasteiger partial charge in [0.05, 0.1) is 31.3 Å². The van der Waals surface area contributed by atoms with Crippen molar-refractivity contribution in [3.8, 4) is 0 Å². The smallest absolute Gasteiger partial charge is 0.312 e. The van der Waals surface area contributed by atoms with Gasteiger partial charge >= 0.3 is 5.97 Å². The standard InChI is InChI=1S/C18H18N2O2/c1-13(18(21)22-2)15-8-9-16-11-19-20(17(16)10-15)12-14-6-4-3-5-7-14/h3-11,13H,12H2,1-2H3. The predicted octanol–water partition coefficient (Wildman–Crippen LogP) is 3.36. The number of fused-ring (bicyclic) bond motifs is 1. The van der Waals surface area contributed by atoms with Crippen LogP contribution in [0.2, 0.25) is 0 Å². The van der Waals surface area contributed by atoms with Gasteiger partial charge in [-0.3, -0.25) is 9.48 Å².